The molecular formula is C18H28O9. The Morgan fingerprint density at radius 2 is 1.15 bits per heavy atom. The van der Waals surface area contributed by atoms with Gasteiger partial charge < -0.3 is 28.8 Å². The minimum absolute atomic E-state index is 0.0298. The van der Waals surface area contributed by atoms with Gasteiger partial charge in [-0.2, -0.15) is 0 Å². The number of hydrogen-bond acceptors (Lipinski definition) is 8. The van der Waals surface area contributed by atoms with E-state index in [1.165, 1.54) is 6.92 Å². The van der Waals surface area contributed by atoms with Crippen LogP contribution in [0, 0.1) is 0 Å². The average Bonchev–Trinajstić information content (AvgIpc) is 2.61. The second kappa shape index (κ2) is 16.8. The first-order valence-electron chi connectivity index (χ1n) is 7.90. The largest absolute Gasteiger partial charge is 0.483 e. The highest BCUT2D eigenvalue weighted by Gasteiger charge is 2.06. The van der Waals surface area contributed by atoms with Crippen molar-refractivity contribution in [1.82, 2.24) is 0 Å². The quantitative estimate of drug-likeness (QED) is 0.217. The molecule has 1 N–H and O–H groups in total. The van der Waals surface area contributed by atoms with E-state index in [1.54, 1.807) is 14.0 Å². The van der Waals surface area contributed by atoms with E-state index in [2.05, 4.69) is 29.2 Å². The van der Waals surface area contributed by atoms with Gasteiger partial charge in [-0.25, -0.2) is 14.4 Å². The topological polar surface area (TPSA) is 118 Å². The number of carboxylic acid groups (broad SMARTS) is 1. The summed E-state index contributed by atoms with van der Waals surface area (Å²) < 4.78 is 23.9. The van der Waals surface area contributed by atoms with Crippen LogP contribution in [0.1, 0.15) is 13.8 Å². The first kappa shape index (κ1) is 26.6. The molecule has 0 saturated carbocycles. The summed E-state index contributed by atoms with van der Waals surface area (Å²) in [5.74, 6) is -2.53. The van der Waals surface area contributed by atoms with Crippen LogP contribution in [0.5, 0.6) is 0 Å². The summed E-state index contributed by atoms with van der Waals surface area (Å²) in [7, 11) is 1.60. The molecule has 0 aliphatic carbocycles. The number of esters is 2. The lowest BCUT2D eigenvalue weighted by atomic mass is 10.4. The van der Waals surface area contributed by atoms with Crippen LogP contribution in [-0.4, -0.2) is 69.8 Å². The highest BCUT2D eigenvalue weighted by atomic mass is 16.6. The Balaban J connectivity index is 0. The van der Waals surface area contributed by atoms with Gasteiger partial charge in [0.15, 0.2) is 5.76 Å². The normalized spacial score (nSPS) is 9.30. The molecule has 154 valence electrons. The molecule has 0 atom stereocenters. The number of carbonyl (C=O) groups is 3. The van der Waals surface area contributed by atoms with E-state index in [9.17, 15) is 14.4 Å². The molecule has 0 heterocycles. The zero-order chi connectivity index (χ0) is 21.2. The molecule has 0 aromatic carbocycles. The molecule has 0 unspecified atom stereocenters. The van der Waals surface area contributed by atoms with Crippen molar-refractivity contribution in [2.24, 2.45) is 0 Å². The summed E-state index contributed by atoms with van der Waals surface area (Å²) in [6.07, 6.45) is 0. The van der Waals surface area contributed by atoms with Gasteiger partial charge in [0.05, 0.1) is 19.8 Å². The molecule has 0 aliphatic heterocycles. The standard InChI is InChI=1S/C9H12O5.C9H16O4/c1-6(2)9(12)14-5-4-13-7(3)8(10)11;1-8(2)9(10)13-7-6-12-5-4-11-3/h1,3-5H2,2H3,(H,10,11);1,4-7H2,2-3H3. The summed E-state index contributed by atoms with van der Waals surface area (Å²) in [6, 6.07) is 0. The molecular weight excluding hydrogens is 360 g/mol. The van der Waals surface area contributed by atoms with E-state index in [-0.39, 0.29) is 37.1 Å². The molecule has 0 fully saturated rings. The first-order chi connectivity index (χ1) is 12.6. The third-order valence-electron chi connectivity index (χ3n) is 2.42. The number of hydrogen-bond donors (Lipinski definition) is 1. The van der Waals surface area contributed by atoms with Gasteiger partial charge in [0, 0.05) is 18.3 Å². The van der Waals surface area contributed by atoms with E-state index in [4.69, 9.17) is 19.3 Å². The maximum absolute atomic E-state index is 10.8. The van der Waals surface area contributed by atoms with E-state index in [1.807, 2.05) is 0 Å². The fraction of sp³-hybridized carbons (Fsp3) is 0.500. The SMILES string of the molecule is C=C(C)C(=O)OCCOC(=C)C(=O)O.C=C(C)C(=O)OCCOCCOC. The molecule has 0 rings (SSSR count). The predicted octanol–water partition coefficient (Wildman–Crippen LogP) is 1.49. The van der Waals surface area contributed by atoms with Crippen LogP contribution in [-0.2, 0) is 38.1 Å². The van der Waals surface area contributed by atoms with E-state index in [0.29, 0.717) is 25.4 Å². The lowest BCUT2D eigenvalue weighted by Gasteiger charge is -2.06. The zero-order valence-corrected chi connectivity index (χ0v) is 16.1. The van der Waals surface area contributed by atoms with Gasteiger partial charge in [0.2, 0.25) is 0 Å². The Labute approximate surface area is 159 Å². The Bertz CT molecular complexity index is 495. The van der Waals surface area contributed by atoms with Crippen LogP contribution in [0.4, 0.5) is 0 Å². The number of methoxy groups -OCH3 is 1. The molecule has 0 amide bonds. The number of carbonyl (C=O) groups excluding carboxylic acids is 2. The molecule has 9 nitrogen and oxygen atoms in total. The maximum atomic E-state index is 10.8. The fourth-order valence-electron chi connectivity index (χ4n) is 1.04. The van der Waals surface area contributed by atoms with Crippen molar-refractivity contribution in [1.29, 1.82) is 0 Å². The van der Waals surface area contributed by atoms with Crippen LogP contribution in [0.3, 0.4) is 0 Å². The Hall–Kier alpha value is -2.65. The van der Waals surface area contributed by atoms with Crippen molar-refractivity contribution in [3.8, 4) is 0 Å². The van der Waals surface area contributed by atoms with Crippen LogP contribution in [0.2, 0.25) is 0 Å². The zero-order valence-electron chi connectivity index (χ0n) is 16.1. The van der Waals surface area contributed by atoms with Gasteiger partial charge in [-0.3, -0.25) is 0 Å². The molecule has 0 spiro atoms. The molecule has 9 heteroatoms. The minimum Gasteiger partial charge on any atom is -0.483 e. The maximum Gasteiger partial charge on any atom is 0.370 e. The molecule has 0 aliphatic rings. The summed E-state index contributed by atoms with van der Waals surface area (Å²) in [5, 5.41) is 8.33. The van der Waals surface area contributed by atoms with Crippen LogP contribution < -0.4 is 0 Å². The van der Waals surface area contributed by atoms with E-state index in [0.717, 1.165) is 0 Å². The lowest BCUT2D eigenvalue weighted by molar-refractivity contribution is -0.141. The van der Waals surface area contributed by atoms with Gasteiger partial charge in [-0.1, -0.05) is 13.2 Å². The van der Waals surface area contributed by atoms with Crippen LogP contribution in [0.15, 0.2) is 36.6 Å². The monoisotopic (exact) mass is 388 g/mol. The van der Waals surface area contributed by atoms with Gasteiger partial charge in [-0.05, 0) is 20.4 Å². The smallest absolute Gasteiger partial charge is 0.370 e. The highest BCUT2D eigenvalue weighted by molar-refractivity contribution is 5.87. The number of rotatable bonds is 13. The molecule has 0 bridgehead atoms. The van der Waals surface area contributed by atoms with E-state index >= 15 is 0 Å². The number of ether oxygens (including phenoxy) is 5. The number of aliphatic carboxylic acids is 1. The highest BCUT2D eigenvalue weighted by Crippen LogP contribution is 1.95. The van der Waals surface area contributed by atoms with Gasteiger partial charge in [-0.15, -0.1) is 0 Å². The Morgan fingerprint density at radius 3 is 1.56 bits per heavy atom. The Kier molecular flexibility index (Phi) is 16.5. The predicted molar refractivity (Wildman–Crippen MR) is 97.0 cm³/mol. The fourth-order valence-corrected chi connectivity index (χ4v) is 1.04. The second-order valence-corrected chi connectivity index (χ2v) is 5.01. The van der Waals surface area contributed by atoms with Crippen molar-refractivity contribution >= 4 is 17.9 Å². The second-order valence-electron chi connectivity index (χ2n) is 5.01. The lowest BCUT2D eigenvalue weighted by Crippen LogP contribution is -2.12. The minimum atomic E-state index is -1.24. The molecule has 0 saturated heterocycles. The third kappa shape index (κ3) is 18.0. The van der Waals surface area contributed by atoms with Crippen LogP contribution in [0.25, 0.3) is 0 Å². The average molecular weight is 388 g/mol. The molecule has 0 aromatic heterocycles. The third-order valence-corrected chi connectivity index (χ3v) is 2.42. The van der Waals surface area contributed by atoms with Crippen molar-refractivity contribution in [3.63, 3.8) is 0 Å². The van der Waals surface area contributed by atoms with Gasteiger partial charge in [0.25, 0.3) is 0 Å². The molecule has 0 aromatic rings. The molecule has 0 radical (unpaired) electrons. The summed E-state index contributed by atoms with van der Waals surface area (Å²) >= 11 is 0. The summed E-state index contributed by atoms with van der Waals surface area (Å²) in [5.41, 5.74) is 0.680. The number of carboxylic acids is 1. The van der Waals surface area contributed by atoms with Crippen molar-refractivity contribution in [3.05, 3.63) is 36.6 Å². The molecule has 27 heavy (non-hydrogen) atoms. The van der Waals surface area contributed by atoms with Crippen molar-refractivity contribution < 1.29 is 43.2 Å². The Morgan fingerprint density at radius 1 is 0.741 bits per heavy atom. The van der Waals surface area contributed by atoms with E-state index < -0.39 is 11.9 Å². The van der Waals surface area contributed by atoms with Gasteiger partial charge in [0.1, 0.15) is 19.8 Å². The first-order valence-corrected chi connectivity index (χ1v) is 7.90. The van der Waals surface area contributed by atoms with Crippen molar-refractivity contribution in [2.45, 2.75) is 13.8 Å². The summed E-state index contributed by atoms with van der Waals surface area (Å²) in [4.78, 5) is 31.8. The summed E-state index contributed by atoms with van der Waals surface area (Å²) in [6.45, 7) is 14.7. The van der Waals surface area contributed by atoms with Crippen LogP contribution >= 0.6 is 0 Å². The van der Waals surface area contributed by atoms with Crippen molar-refractivity contribution in [2.75, 3.05) is 46.8 Å². The van der Waals surface area contributed by atoms with Gasteiger partial charge >= 0.3 is 17.9 Å².